The minimum Gasteiger partial charge on any atom is -0.491 e. The lowest BCUT2D eigenvalue weighted by molar-refractivity contribution is -0.166. The molecule has 4 saturated heterocycles. The van der Waals surface area contributed by atoms with Gasteiger partial charge < -0.3 is 29.5 Å². The molecular weight excluding hydrogens is 454 g/mol. The molecule has 1 aromatic rings. The van der Waals surface area contributed by atoms with Crippen molar-refractivity contribution in [2.45, 2.75) is 34.5 Å². The van der Waals surface area contributed by atoms with Crippen molar-refractivity contribution >= 4 is 50.7 Å². The molecule has 0 saturated carbocycles. The van der Waals surface area contributed by atoms with Crippen LogP contribution in [0.2, 0.25) is 5.02 Å². The van der Waals surface area contributed by atoms with Crippen molar-refractivity contribution in [1.82, 2.24) is 9.80 Å². The molecule has 2 bridgehead atoms. The van der Waals surface area contributed by atoms with E-state index in [0.29, 0.717) is 5.69 Å². The average Bonchev–Trinajstić information content (AvgIpc) is 3.06. The number of hydrogen-bond acceptors (Lipinski definition) is 9. The van der Waals surface area contributed by atoms with Crippen molar-refractivity contribution in [2.75, 3.05) is 33.2 Å². The van der Waals surface area contributed by atoms with Crippen LogP contribution in [0.1, 0.15) is 12.5 Å². The van der Waals surface area contributed by atoms with Crippen LogP contribution < -0.4 is 14.4 Å². The molecule has 5 aliphatic rings. The molecule has 4 fully saturated rings. The zero-order chi connectivity index (χ0) is 22.0. The third kappa shape index (κ3) is 1.81. The average molecular weight is 474 g/mol. The fourth-order valence-electron chi connectivity index (χ4n) is 5.10. The van der Waals surface area contributed by atoms with Crippen LogP contribution >= 0.6 is 33.2 Å². The number of aliphatic hydroxyl groups excluding tert-OH is 1. The predicted octanol–water partition coefficient (Wildman–Crippen LogP) is 0.803. The summed E-state index contributed by atoms with van der Waals surface area (Å²) in [5.74, 6) is -0.232. The second kappa shape index (κ2) is 5.83. The number of rotatable bonds is 2. The van der Waals surface area contributed by atoms with Gasteiger partial charge in [-0.3, -0.25) is 14.5 Å². The lowest BCUT2D eigenvalue weighted by Crippen LogP contribution is -2.77. The number of fused-ring (bicyclic) bond motifs is 5. The van der Waals surface area contributed by atoms with Crippen LogP contribution in [-0.2, 0) is 15.2 Å². The van der Waals surface area contributed by atoms with E-state index in [1.165, 1.54) is 40.9 Å². The lowest BCUT2D eigenvalue weighted by atomic mass is 9.87. The predicted molar refractivity (Wildman–Crippen MR) is 113 cm³/mol. The maximum absolute atomic E-state index is 13.6. The zero-order valence-corrected chi connectivity index (χ0v) is 19.2. The normalized spacial score (nSPS) is 38.7. The van der Waals surface area contributed by atoms with Crippen molar-refractivity contribution in [3.8, 4) is 11.5 Å². The minimum absolute atomic E-state index is 0.179. The summed E-state index contributed by atoms with van der Waals surface area (Å²) in [6.07, 6.45) is -2.63. The molecule has 162 valence electrons. The Morgan fingerprint density at radius 2 is 1.77 bits per heavy atom. The van der Waals surface area contributed by atoms with Gasteiger partial charge >= 0.3 is 0 Å². The second-order valence-corrected chi connectivity index (χ2v) is 11.1. The molecule has 1 aromatic carbocycles. The largest absolute Gasteiger partial charge is 0.491 e. The summed E-state index contributed by atoms with van der Waals surface area (Å²) >= 11 is 6.39. The number of methoxy groups -OCH3 is 2. The molecular formula is C18H20ClN3O6S2. The summed E-state index contributed by atoms with van der Waals surface area (Å²) in [5.41, 5.74) is -1.25. The Labute approximate surface area is 185 Å². The number of aliphatic hydroxyl groups is 2. The summed E-state index contributed by atoms with van der Waals surface area (Å²) in [6.45, 7) is 1.67. The number of likely N-dealkylation sites (N-methyl/N-ethyl adjacent to an activating group) is 2. The minimum atomic E-state index is -1.97. The molecule has 12 heteroatoms. The molecule has 0 radical (unpaired) electrons. The van der Waals surface area contributed by atoms with Crippen molar-refractivity contribution in [3.63, 3.8) is 0 Å². The SMILES string of the molecule is COc1c(Cl)cc2c(c1OC)N(C)[C@@H]1N3C(=O)[C@@]4(C)SS[C@@]3(C(=O)N4C)[C@H](O)[C@]21O. The van der Waals surface area contributed by atoms with Gasteiger partial charge in [0.05, 0.1) is 24.9 Å². The summed E-state index contributed by atoms with van der Waals surface area (Å²) < 4.78 is 10.9. The maximum Gasteiger partial charge on any atom is 0.264 e. The molecule has 6 rings (SSSR count). The van der Waals surface area contributed by atoms with Crippen LogP contribution in [0.5, 0.6) is 11.5 Å². The number of piperazine rings is 1. The van der Waals surface area contributed by atoms with Crippen molar-refractivity contribution in [1.29, 1.82) is 0 Å². The molecule has 0 aliphatic carbocycles. The molecule has 5 heterocycles. The molecule has 1 spiro atoms. The van der Waals surface area contributed by atoms with E-state index in [-0.39, 0.29) is 28.0 Å². The van der Waals surface area contributed by atoms with Crippen LogP contribution in [-0.4, -0.2) is 82.2 Å². The number of anilines is 1. The number of amides is 2. The fourth-order valence-corrected chi connectivity index (χ4v) is 8.91. The van der Waals surface area contributed by atoms with Gasteiger partial charge in [-0.25, -0.2) is 0 Å². The van der Waals surface area contributed by atoms with Crippen molar-refractivity contribution in [2.24, 2.45) is 0 Å². The van der Waals surface area contributed by atoms with Crippen LogP contribution in [0.15, 0.2) is 6.07 Å². The first-order chi connectivity index (χ1) is 14.0. The highest BCUT2D eigenvalue weighted by Gasteiger charge is 2.82. The van der Waals surface area contributed by atoms with Gasteiger partial charge in [-0.2, -0.15) is 0 Å². The van der Waals surface area contributed by atoms with E-state index in [9.17, 15) is 19.8 Å². The first-order valence-corrected chi connectivity index (χ1v) is 11.6. The van der Waals surface area contributed by atoms with Gasteiger partial charge in [-0.1, -0.05) is 22.4 Å². The Morgan fingerprint density at radius 1 is 1.13 bits per heavy atom. The number of nitrogens with zero attached hydrogens (tertiary/aromatic N) is 3. The number of benzene rings is 1. The Morgan fingerprint density at radius 3 is 2.37 bits per heavy atom. The highest BCUT2D eigenvalue weighted by atomic mass is 35.5. The third-order valence-electron chi connectivity index (χ3n) is 6.70. The monoisotopic (exact) mass is 473 g/mol. The van der Waals surface area contributed by atoms with Crippen LogP contribution in [0.3, 0.4) is 0 Å². The molecule has 5 atom stereocenters. The van der Waals surface area contributed by atoms with Gasteiger partial charge in [0, 0.05) is 19.7 Å². The smallest absolute Gasteiger partial charge is 0.264 e. The van der Waals surface area contributed by atoms with Gasteiger partial charge in [0.15, 0.2) is 22.0 Å². The second-order valence-electron chi connectivity index (χ2n) is 7.92. The van der Waals surface area contributed by atoms with Crippen LogP contribution in [0.4, 0.5) is 5.69 Å². The number of carbonyl (C=O) groups is 2. The fraction of sp³-hybridized carbons (Fsp3) is 0.556. The van der Waals surface area contributed by atoms with Gasteiger partial charge in [0.2, 0.25) is 4.87 Å². The summed E-state index contributed by atoms with van der Waals surface area (Å²) in [4.78, 5) is 28.5. The Kier molecular flexibility index (Phi) is 3.96. The summed E-state index contributed by atoms with van der Waals surface area (Å²) in [7, 11) is 8.43. The van der Waals surface area contributed by atoms with E-state index in [4.69, 9.17) is 21.1 Å². The molecule has 9 nitrogen and oxygen atoms in total. The highest BCUT2D eigenvalue weighted by Crippen LogP contribution is 2.69. The van der Waals surface area contributed by atoms with E-state index in [2.05, 4.69) is 0 Å². The van der Waals surface area contributed by atoms with Gasteiger partial charge in [0.1, 0.15) is 12.3 Å². The maximum atomic E-state index is 13.6. The molecule has 2 amide bonds. The molecule has 0 unspecified atom stereocenters. The molecule has 0 aromatic heterocycles. The molecule has 2 N–H and O–H groups in total. The van der Waals surface area contributed by atoms with E-state index in [1.54, 1.807) is 25.9 Å². The summed E-state index contributed by atoms with van der Waals surface area (Å²) in [6, 6.07) is 1.50. The number of halogens is 1. The van der Waals surface area contributed by atoms with E-state index >= 15 is 0 Å². The topological polar surface area (TPSA) is 103 Å². The molecule has 5 aliphatic heterocycles. The Balaban J connectivity index is 1.81. The number of carbonyl (C=O) groups excluding carboxylic acids is 2. The van der Waals surface area contributed by atoms with E-state index in [0.717, 1.165) is 10.8 Å². The van der Waals surface area contributed by atoms with Gasteiger partial charge in [0.25, 0.3) is 11.8 Å². The van der Waals surface area contributed by atoms with E-state index in [1.807, 2.05) is 0 Å². The summed E-state index contributed by atoms with van der Waals surface area (Å²) in [5, 5.41) is 23.6. The quantitative estimate of drug-likeness (QED) is 0.604. The van der Waals surface area contributed by atoms with Crippen LogP contribution in [0, 0.1) is 0 Å². The van der Waals surface area contributed by atoms with Gasteiger partial charge in [-0.15, -0.1) is 0 Å². The number of hydrogen-bond donors (Lipinski definition) is 2. The van der Waals surface area contributed by atoms with Crippen LogP contribution in [0.25, 0.3) is 0 Å². The van der Waals surface area contributed by atoms with Gasteiger partial charge in [-0.05, 0) is 23.8 Å². The zero-order valence-electron chi connectivity index (χ0n) is 16.8. The van der Waals surface area contributed by atoms with Crippen molar-refractivity contribution < 1.29 is 29.3 Å². The molecule has 30 heavy (non-hydrogen) atoms. The first-order valence-electron chi connectivity index (χ1n) is 9.10. The first kappa shape index (κ1) is 20.4. The Hall–Kier alpha value is -1.53. The standard InChI is InChI=1S/C18H20ClN3O6S2/c1-16-14(24)22-13-17(26,12(23)18(22,30-29-16)15(25)21(16)3)7-6-8(19)10(27-4)11(28-5)9(7)20(13)2/h6,12-13,23,26H,1-5H3/t12-,13-,16-,17-,18-/m1/s1. The van der Waals surface area contributed by atoms with Crippen molar-refractivity contribution in [3.05, 3.63) is 16.7 Å². The Bertz CT molecular complexity index is 1030. The third-order valence-corrected chi connectivity index (χ3v) is 10.7. The van der Waals surface area contributed by atoms with E-state index < -0.39 is 33.5 Å². The lowest BCUT2D eigenvalue weighted by Gasteiger charge is -2.58. The highest BCUT2D eigenvalue weighted by molar-refractivity contribution is 8.78. The number of ether oxygens (including phenoxy) is 2.